The number of hydrogen-bond acceptors (Lipinski definition) is 0. The Labute approximate surface area is 735 Å². The van der Waals surface area contributed by atoms with Crippen molar-refractivity contribution in [1.82, 2.24) is 0 Å². The Bertz CT molecular complexity index is 4620. The van der Waals surface area contributed by atoms with E-state index in [0.717, 1.165) is 116 Å². The van der Waals surface area contributed by atoms with Gasteiger partial charge in [-0.2, -0.15) is 0 Å². The fourth-order valence-electron chi connectivity index (χ4n) is 23.9. The molecule has 0 aliphatic heterocycles. The highest BCUT2D eigenvalue weighted by molar-refractivity contribution is 5.48. The molecule has 0 heteroatoms. The van der Waals surface area contributed by atoms with E-state index in [0.29, 0.717) is 5.92 Å². The van der Waals surface area contributed by atoms with Crippen LogP contribution in [0.1, 0.15) is 412 Å². The van der Waals surface area contributed by atoms with E-state index in [1.54, 1.807) is 58.2 Å². The highest BCUT2D eigenvalue weighted by Gasteiger charge is 2.36. The van der Waals surface area contributed by atoms with E-state index >= 15 is 0 Å². The Balaban J connectivity index is 0.000000156. The molecule has 8 aromatic carbocycles. The van der Waals surface area contributed by atoms with Crippen LogP contribution in [-0.4, -0.2) is 0 Å². The number of benzene rings is 8. The molecule has 0 spiro atoms. The van der Waals surface area contributed by atoms with Crippen LogP contribution in [0.2, 0.25) is 0 Å². The first-order valence-corrected chi connectivity index (χ1v) is 50.0. The highest BCUT2D eigenvalue weighted by atomic mass is 14.4. The van der Waals surface area contributed by atoms with Crippen LogP contribution in [-0.2, 0) is 74.0 Å². The van der Waals surface area contributed by atoms with Crippen LogP contribution in [0.25, 0.3) is 0 Å². The molecule has 0 N–H and O–H groups in total. The highest BCUT2D eigenvalue weighted by Crippen LogP contribution is 2.49. The SMILES string of the molecule is CCc1cc(C2CCC(C(C)C)CC2)ccc1Cc1ccc(C)c(Cc2ccccc2C(C)(C)C)c1.CCc1cc(C2CCC(C3CCC(CC4CC4)CC3)CC2)ccc1CC1C=C(Cc2ccccc2C(C)(C)C)C(C)=CC1.CCc1cc(C2CCC(C3CCCCC3)CC2)ccc1Cc1ccc(C)c(Cc2ccccc2C(C)(CC)CC)c1. The molecule has 15 rings (SSSR count). The van der Waals surface area contributed by atoms with Gasteiger partial charge in [0.05, 0.1) is 0 Å². The molecular weight excluding hydrogens is 1440 g/mol. The van der Waals surface area contributed by atoms with Crippen molar-refractivity contribution < 1.29 is 0 Å². The minimum absolute atomic E-state index is 0.161. The monoisotopic (exact) mass is 1610 g/mol. The molecule has 1 atom stereocenters. The Morgan fingerprint density at radius 3 is 1.14 bits per heavy atom. The second-order valence-electron chi connectivity index (χ2n) is 43.0. The number of hydrogen-bond donors (Lipinski definition) is 0. The quantitative estimate of drug-likeness (QED) is 0.0507. The van der Waals surface area contributed by atoms with Gasteiger partial charge in [-0.25, -0.2) is 0 Å². The average molecular weight is 1610 g/mol. The Hall–Kier alpha value is -6.76. The van der Waals surface area contributed by atoms with Gasteiger partial charge in [0.15, 0.2) is 0 Å². The van der Waals surface area contributed by atoms with Crippen LogP contribution in [0, 0.1) is 67.1 Å². The Morgan fingerprint density at radius 1 is 0.333 bits per heavy atom. The van der Waals surface area contributed by atoms with Gasteiger partial charge in [0.2, 0.25) is 0 Å². The molecule has 120 heavy (non-hydrogen) atoms. The maximum absolute atomic E-state index is 2.63. The molecule has 0 nitrogen and oxygen atoms in total. The first-order valence-electron chi connectivity index (χ1n) is 50.0. The van der Waals surface area contributed by atoms with Crippen molar-refractivity contribution in [2.45, 2.75) is 383 Å². The molecule has 8 aromatic rings. The predicted octanol–water partition coefficient (Wildman–Crippen LogP) is 33.7. The second-order valence-corrected chi connectivity index (χ2v) is 43.0. The lowest BCUT2D eigenvalue weighted by Crippen LogP contribution is -2.25. The normalized spacial score (nSPS) is 22.7. The largest absolute Gasteiger partial charge is 0.0807 e. The van der Waals surface area contributed by atoms with E-state index in [1.165, 1.54) is 250 Å². The zero-order valence-corrected chi connectivity index (χ0v) is 79.1. The summed E-state index contributed by atoms with van der Waals surface area (Å²) in [4.78, 5) is 0. The van der Waals surface area contributed by atoms with E-state index in [-0.39, 0.29) is 16.2 Å². The second kappa shape index (κ2) is 42.3. The van der Waals surface area contributed by atoms with Gasteiger partial charge >= 0.3 is 0 Å². The summed E-state index contributed by atoms with van der Waals surface area (Å²) in [5.74, 6) is 11.0. The van der Waals surface area contributed by atoms with Gasteiger partial charge < -0.3 is 0 Å². The molecule has 7 aliphatic rings. The summed E-state index contributed by atoms with van der Waals surface area (Å²) in [6.45, 7) is 39.8. The minimum Gasteiger partial charge on any atom is -0.0807 e. The lowest BCUT2D eigenvalue weighted by molar-refractivity contribution is 0.154. The summed E-state index contributed by atoms with van der Waals surface area (Å²) in [7, 11) is 0. The van der Waals surface area contributed by atoms with Crippen molar-refractivity contribution in [2.75, 3.05) is 0 Å². The van der Waals surface area contributed by atoms with Crippen molar-refractivity contribution in [3.8, 4) is 0 Å². The fraction of sp³-hybridized carbons (Fsp3) is 0.567. The predicted molar refractivity (Wildman–Crippen MR) is 521 cm³/mol. The standard InChI is InChI=1S/C43H60.C41H56.C36H48/c1-6-34-28-39(37-21-19-36(20-22-37)35-17-15-32(16-18-35)25-31-13-14-31)24-23-38(34)26-33-12-11-30(2)41(27-33)29-40-9-7-8-10-42(40)43(3,4)5;1-6-32-28-37(35-22-20-34(21-23-35)33-14-10-9-11-15-33)25-24-36(32)26-31-19-18-30(4)39(27-31)29-38-16-12-13-17-40(38)41(5,7-2)8-3;1-8-28-23-32(30-17-15-29(16-18-30)25(2)3)20-19-31(28)21-27-14-13-26(4)34(22-27)24-33-11-9-10-12-35(33)36(5,6)7/h7-11,23-24,27-28,31-33,35-37H,6,12-22,25-26,29H2,1-5H3;12-13,16-19,24-25,27-28,33-35H,6-11,14-15,20-23,26,29H2,1-5H3;9-14,19-20,22-23,25,29-30H,8,15-18,21,24H2,1-7H3. The molecule has 0 saturated heterocycles. The first kappa shape index (κ1) is 91.0. The molecule has 7 aliphatic carbocycles. The number of allylic oxidation sites excluding steroid dienone is 4. The Kier molecular flexibility index (Phi) is 32.0. The third-order valence-electron chi connectivity index (χ3n) is 32.5. The smallest absolute Gasteiger partial charge is 0.00201 e. The molecule has 644 valence electrons. The van der Waals surface area contributed by atoms with Gasteiger partial charge in [0, 0.05) is 0 Å². The molecule has 1 unspecified atom stereocenters. The van der Waals surface area contributed by atoms with E-state index in [9.17, 15) is 0 Å². The Morgan fingerprint density at radius 2 is 0.717 bits per heavy atom. The van der Waals surface area contributed by atoms with Crippen LogP contribution in [0.15, 0.2) is 187 Å². The average Bonchev–Trinajstić information content (AvgIpc) is 0.919. The summed E-state index contributed by atoms with van der Waals surface area (Å²) in [6.07, 6.45) is 53.7. The van der Waals surface area contributed by atoms with Crippen LogP contribution in [0.3, 0.4) is 0 Å². The van der Waals surface area contributed by atoms with Gasteiger partial charge in [-0.15, -0.1) is 0 Å². The lowest BCUT2D eigenvalue weighted by Gasteiger charge is -2.38. The first-order chi connectivity index (χ1) is 57.8. The van der Waals surface area contributed by atoms with Gasteiger partial charge in [0.1, 0.15) is 0 Å². The van der Waals surface area contributed by atoms with Crippen LogP contribution in [0.5, 0.6) is 0 Å². The molecule has 0 heterocycles. The molecular formula is C120H164. The van der Waals surface area contributed by atoms with Gasteiger partial charge in [0.25, 0.3) is 0 Å². The van der Waals surface area contributed by atoms with Gasteiger partial charge in [-0.05, 0) is 404 Å². The van der Waals surface area contributed by atoms with Crippen molar-refractivity contribution in [1.29, 1.82) is 0 Å². The van der Waals surface area contributed by atoms with Gasteiger partial charge in [-0.1, -0.05) is 336 Å². The topological polar surface area (TPSA) is 0 Å². The summed E-state index contributed by atoms with van der Waals surface area (Å²) in [5.41, 5.74) is 35.3. The summed E-state index contributed by atoms with van der Waals surface area (Å²) >= 11 is 0. The maximum atomic E-state index is 2.63. The summed E-state index contributed by atoms with van der Waals surface area (Å²) in [6, 6.07) is 64.3. The lowest BCUT2D eigenvalue weighted by atomic mass is 9.67. The zero-order valence-electron chi connectivity index (χ0n) is 79.1. The molecule has 6 saturated carbocycles. The molecule has 0 radical (unpaired) electrons. The fourth-order valence-corrected chi connectivity index (χ4v) is 23.9. The van der Waals surface area contributed by atoms with Crippen molar-refractivity contribution >= 4 is 0 Å². The van der Waals surface area contributed by atoms with E-state index < -0.39 is 0 Å². The molecule has 0 amide bonds. The zero-order chi connectivity index (χ0) is 84.7. The summed E-state index contributed by atoms with van der Waals surface area (Å²) < 4.78 is 0. The van der Waals surface area contributed by atoms with Crippen molar-refractivity contribution in [3.05, 3.63) is 304 Å². The summed E-state index contributed by atoms with van der Waals surface area (Å²) in [5, 5.41) is 0. The maximum Gasteiger partial charge on any atom is -0.00201 e. The third kappa shape index (κ3) is 24.0. The number of rotatable bonds is 26. The molecule has 0 aromatic heterocycles. The molecule has 0 bridgehead atoms. The van der Waals surface area contributed by atoms with Gasteiger partial charge in [-0.3, -0.25) is 0 Å². The minimum atomic E-state index is 0.161. The van der Waals surface area contributed by atoms with E-state index in [4.69, 9.17) is 0 Å². The van der Waals surface area contributed by atoms with Crippen LogP contribution >= 0.6 is 0 Å². The third-order valence-corrected chi connectivity index (χ3v) is 32.5. The van der Waals surface area contributed by atoms with E-state index in [1.807, 2.05) is 0 Å². The number of aryl methyl sites for hydroxylation is 5. The van der Waals surface area contributed by atoms with Crippen molar-refractivity contribution in [3.63, 3.8) is 0 Å². The van der Waals surface area contributed by atoms with E-state index in [2.05, 4.69) is 294 Å². The van der Waals surface area contributed by atoms with Crippen LogP contribution < -0.4 is 0 Å². The molecule has 6 fully saturated rings. The van der Waals surface area contributed by atoms with Crippen LogP contribution in [0.4, 0.5) is 0 Å². The van der Waals surface area contributed by atoms with Crippen molar-refractivity contribution in [2.24, 2.45) is 53.3 Å².